The highest BCUT2D eigenvalue weighted by Crippen LogP contribution is 2.43. The number of pyridine rings is 1. The van der Waals surface area contributed by atoms with Gasteiger partial charge in [-0.2, -0.15) is 0 Å². The number of hydrogen-bond acceptors (Lipinski definition) is 4. The second-order valence-corrected chi connectivity index (χ2v) is 10.3. The molecule has 1 fully saturated rings. The number of allylic oxidation sites excluding steroid dienone is 1. The molecule has 1 unspecified atom stereocenters. The smallest absolute Gasteiger partial charge is 0.275 e. The number of carbonyl (C=O) groups is 2. The number of benzene rings is 2. The van der Waals surface area contributed by atoms with Gasteiger partial charge in [0.05, 0.1) is 28.5 Å². The summed E-state index contributed by atoms with van der Waals surface area (Å²) in [6.07, 6.45) is 4.06. The minimum atomic E-state index is -3.34. The molecule has 0 radical (unpaired) electrons. The van der Waals surface area contributed by atoms with Crippen LogP contribution in [0.1, 0.15) is 47.8 Å². The number of amides is 2. The molecule has 1 saturated heterocycles. The molecule has 6 nitrogen and oxygen atoms in total. The monoisotopic (exact) mass is 550 g/mol. The summed E-state index contributed by atoms with van der Waals surface area (Å²) in [5.41, 5.74) is 1.78. The lowest BCUT2D eigenvalue weighted by Gasteiger charge is -2.26. The van der Waals surface area contributed by atoms with Crippen molar-refractivity contribution < 1.29 is 18.4 Å². The highest BCUT2D eigenvalue weighted by molar-refractivity contribution is 6.35. The summed E-state index contributed by atoms with van der Waals surface area (Å²) in [6.45, 7) is 2.94. The molecule has 5 rings (SSSR count). The Bertz CT molecular complexity index is 1410. The summed E-state index contributed by atoms with van der Waals surface area (Å²) in [5.74, 6) is -4.47. The summed E-state index contributed by atoms with van der Waals surface area (Å²) in [4.78, 5) is 34.1. The highest BCUT2D eigenvalue weighted by Gasteiger charge is 2.41. The molecule has 202 valence electrons. The zero-order valence-electron chi connectivity index (χ0n) is 21.5. The van der Waals surface area contributed by atoms with E-state index in [1.54, 1.807) is 54.7 Å². The normalized spacial score (nSPS) is 19.5. The maximum absolute atomic E-state index is 15.5. The molecule has 2 amide bonds. The molecule has 2 aliphatic rings. The van der Waals surface area contributed by atoms with Gasteiger partial charge in [-0.3, -0.25) is 14.6 Å². The predicted molar refractivity (Wildman–Crippen MR) is 149 cm³/mol. The summed E-state index contributed by atoms with van der Waals surface area (Å²) in [5, 5.41) is 2.89. The number of anilines is 2. The van der Waals surface area contributed by atoms with Crippen LogP contribution in [0.5, 0.6) is 0 Å². The third-order valence-corrected chi connectivity index (χ3v) is 7.60. The van der Waals surface area contributed by atoms with Crippen molar-refractivity contribution in [3.63, 3.8) is 0 Å². The van der Waals surface area contributed by atoms with Gasteiger partial charge >= 0.3 is 0 Å². The van der Waals surface area contributed by atoms with E-state index in [9.17, 15) is 9.59 Å². The SMILES string of the molecule is CC1CCCN1c1ccc(C(=O)N2CCC(F)(F)/C(=C\C(=O)NCc3ccccn3)c3ccccc32)c(Cl)c1. The Morgan fingerprint density at radius 1 is 1.13 bits per heavy atom. The van der Waals surface area contributed by atoms with Crippen LogP contribution < -0.4 is 15.1 Å². The van der Waals surface area contributed by atoms with Crippen LogP contribution in [0.15, 0.2) is 72.9 Å². The van der Waals surface area contributed by atoms with E-state index in [-0.39, 0.29) is 29.2 Å². The van der Waals surface area contributed by atoms with Crippen molar-refractivity contribution in [2.75, 3.05) is 22.9 Å². The van der Waals surface area contributed by atoms with Crippen molar-refractivity contribution in [2.45, 2.75) is 44.7 Å². The van der Waals surface area contributed by atoms with Gasteiger partial charge in [0.2, 0.25) is 5.91 Å². The van der Waals surface area contributed by atoms with E-state index < -0.39 is 29.7 Å². The Hall–Kier alpha value is -3.78. The number of alkyl halides is 2. The summed E-state index contributed by atoms with van der Waals surface area (Å²) < 4.78 is 31.0. The first-order valence-electron chi connectivity index (χ1n) is 13.0. The van der Waals surface area contributed by atoms with Gasteiger partial charge in [-0.15, -0.1) is 0 Å². The maximum Gasteiger partial charge on any atom is 0.275 e. The Balaban J connectivity index is 1.44. The lowest BCUT2D eigenvalue weighted by atomic mass is 9.97. The van der Waals surface area contributed by atoms with E-state index in [0.717, 1.165) is 31.1 Å². The zero-order valence-corrected chi connectivity index (χ0v) is 22.3. The van der Waals surface area contributed by atoms with Crippen molar-refractivity contribution in [2.24, 2.45) is 0 Å². The number of aromatic nitrogens is 1. The van der Waals surface area contributed by atoms with Crippen LogP contribution in [-0.4, -0.2) is 41.9 Å². The first-order chi connectivity index (χ1) is 18.7. The molecule has 39 heavy (non-hydrogen) atoms. The van der Waals surface area contributed by atoms with E-state index in [0.29, 0.717) is 17.4 Å². The molecule has 0 spiro atoms. The quantitative estimate of drug-likeness (QED) is 0.389. The van der Waals surface area contributed by atoms with E-state index in [1.807, 2.05) is 6.07 Å². The largest absolute Gasteiger partial charge is 0.369 e. The summed E-state index contributed by atoms with van der Waals surface area (Å²) in [6, 6.07) is 17.3. The fraction of sp³-hybridized carbons (Fsp3) is 0.300. The first kappa shape index (κ1) is 26.8. The Morgan fingerprint density at radius 3 is 2.64 bits per heavy atom. The van der Waals surface area contributed by atoms with Gasteiger partial charge in [0.15, 0.2) is 0 Å². The molecule has 2 aromatic carbocycles. The maximum atomic E-state index is 15.5. The third-order valence-electron chi connectivity index (χ3n) is 7.29. The first-order valence-corrected chi connectivity index (χ1v) is 13.4. The molecule has 2 aliphatic heterocycles. The van der Waals surface area contributed by atoms with Crippen molar-refractivity contribution in [3.8, 4) is 0 Å². The number of para-hydroxylation sites is 1. The third kappa shape index (κ3) is 5.66. The molecule has 1 aromatic heterocycles. The van der Waals surface area contributed by atoms with Gasteiger partial charge in [0, 0.05) is 54.6 Å². The Kier molecular flexibility index (Phi) is 7.66. The van der Waals surface area contributed by atoms with Crippen molar-refractivity contribution in [3.05, 3.63) is 94.8 Å². The number of nitrogens with one attached hydrogen (secondary N) is 1. The van der Waals surface area contributed by atoms with Gasteiger partial charge in [-0.05, 0) is 56.2 Å². The van der Waals surface area contributed by atoms with Crippen molar-refractivity contribution >= 4 is 40.4 Å². The van der Waals surface area contributed by atoms with Crippen molar-refractivity contribution in [1.29, 1.82) is 0 Å². The van der Waals surface area contributed by atoms with E-state index in [1.165, 1.54) is 11.0 Å². The van der Waals surface area contributed by atoms with Gasteiger partial charge in [0.1, 0.15) is 0 Å². The predicted octanol–water partition coefficient (Wildman–Crippen LogP) is 6.11. The van der Waals surface area contributed by atoms with Gasteiger partial charge in [-0.25, -0.2) is 8.78 Å². The topological polar surface area (TPSA) is 65.5 Å². The summed E-state index contributed by atoms with van der Waals surface area (Å²) in [7, 11) is 0. The molecule has 0 bridgehead atoms. The molecule has 3 heterocycles. The molecule has 1 atom stereocenters. The van der Waals surface area contributed by atoms with Crippen LogP contribution in [0.2, 0.25) is 5.02 Å². The molecular formula is C30H29ClF2N4O2. The minimum Gasteiger partial charge on any atom is -0.369 e. The molecule has 0 aliphatic carbocycles. The number of nitrogens with zero attached hydrogens (tertiary/aromatic N) is 3. The Morgan fingerprint density at radius 2 is 1.92 bits per heavy atom. The number of rotatable bonds is 5. The summed E-state index contributed by atoms with van der Waals surface area (Å²) >= 11 is 6.58. The second kappa shape index (κ2) is 11.1. The van der Waals surface area contributed by atoms with Gasteiger partial charge < -0.3 is 15.1 Å². The fourth-order valence-electron chi connectivity index (χ4n) is 5.22. The highest BCUT2D eigenvalue weighted by atomic mass is 35.5. The van der Waals surface area contributed by atoms with Crippen LogP contribution in [0, 0.1) is 0 Å². The van der Waals surface area contributed by atoms with Crippen LogP contribution >= 0.6 is 11.6 Å². The van der Waals surface area contributed by atoms with Crippen LogP contribution in [0.25, 0.3) is 5.57 Å². The average molecular weight is 551 g/mol. The molecule has 0 saturated carbocycles. The molecular weight excluding hydrogens is 522 g/mol. The fourth-order valence-corrected chi connectivity index (χ4v) is 5.47. The Labute approximate surface area is 231 Å². The second-order valence-electron chi connectivity index (χ2n) is 9.87. The van der Waals surface area contributed by atoms with E-state index >= 15 is 8.78 Å². The van der Waals surface area contributed by atoms with Crippen LogP contribution in [-0.2, 0) is 11.3 Å². The average Bonchev–Trinajstić information content (AvgIpc) is 3.32. The molecule has 1 N–H and O–H groups in total. The van der Waals surface area contributed by atoms with Crippen LogP contribution in [0.4, 0.5) is 20.2 Å². The van der Waals surface area contributed by atoms with Gasteiger partial charge in [0.25, 0.3) is 11.8 Å². The zero-order chi connectivity index (χ0) is 27.6. The van der Waals surface area contributed by atoms with E-state index in [4.69, 9.17) is 11.6 Å². The van der Waals surface area contributed by atoms with Gasteiger partial charge in [-0.1, -0.05) is 35.9 Å². The molecule has 3 aromatic rings. The minimum absolute atomic E-state index is 0.103. The number of halogens is 3. The van der Waals surface area contributed by atoms with E-state index in [2.05, 4.69) is 22.1 Å². The number of fused-ring (bicyclic) bond motifs is 1. The molecule has 9 heteroatoms. The number of hydrogen-bond donors (Lipinski definition) is 1. The van der Waals surface area contributed by atoms with Crippen LogP contribution in [0.3, 0.4) is 0 Å². The van der Waals surface area contributed by atoms with Crippen molar-refractivity contribution in [1.82, 2.24) is 10.3 Å². The lowest BCUT2D eigenvalue weighted by Crippen LogP contribution is -2.33. The standard InChI is InChI=1S/C30H29ClF2N4O2/c1-20-7-6-15-36(20)22-11-12-24(26(31)17-22)29(39)37-16-13-30(32,33)25(23-9-2-3-10-27(23)37)18-28(38)35-19-21-8-4-5-14-34-21/h2-5,8-12,14,17-18,20H,6-7,13,15-16,19H2,1H3,(H,35,38)/b25-18-. The number of carbonyl (C=O) groups excluding carboxylic acids is 2. The lowest BCUT2D eigenvalue weighted by molar-refractivity contribution is -0.116.